The van der Waals surface area contributed by atoms with Crippen LogP contribution in [0.1, 0.15) is 19.7 Å². The van der Waals surface area contributed by atoms with Gasteiger partial charge in [0.15, 0.2) is 5.58 Å². The summed E-state index contributed by atoms with van der Waals surface area (Å²) in [5.74, 6) is 0.226. The number of rotatable bonds is 5. The molecule has 0 aliphatic carbocycles. The Bertz CT molecular complexity index is 583. The molecule has 106 valence electrons. The first-order valence-corrected chi connectivity index (χ1v) is 6.57. The van der Waals surface area contributed by atoms with Crippen molar-refractivity contribution in [3.05, 3.63) is 36.2 Å². The second kappa shape index (κ2) is 6.34. The number of aliphatic hydroxyl groups is 1. The van der Waals surface area contributed by atoms with Gasteiger partial charge in [0, 0.05) is 24.7 Å². The maximum absolute atomic E-state index is 12.0. The molecule has 0 bridgehead atoms. The Morgan fingerprint density at radius 2 is 2.20 bits per heavy atom. The fourth-order valence-electron chi connectivity index (χ4n) is 1.93. The van der Waals surface area contributed by atoms with E-state index in [-0.39, 0.29) is 18.6 Å². The van der Waals surface area contributed by atoms with Gasteiger partial charge >= 0.3 is 0 Å². The summed E-state index contributed by atoms with van der Waals surface area (Å²) in [5, 5.41) is 8.97. The number of aliphatic hydroxyl groups excluding tert-OH is 1. The number of hydrogen-bond donors (Lipinski definition) is 1. The van der Waals surface area contributed by atoms with E-state index in [1.54, 1.807) is 11.0 Å². The molecule has 0 radical (unpaired) electrons. The monoisotopic (exact) mass is 274 g/mol. The van der Waals surface area contributed by atoms with Crippen molar-refractivity contribution >= 4 is 23.1 Å². The summed E-state index contributed by atoms with van der Waals surface area (Å²) in [7, 11) is 0. The highest BCUT2D eigenvalue weighted by molar-refractivity contribution is 5.91. The van der Waals surface area contributed by atoms with Crippen molar-refractivity contribution in [2.45, 2.75) is 19.9 Å². The molecule has 2 rings (SSSR count). The van der Waals surface area contributed by atoms with Crippen LogP contribution < -0.4 is 0 Å². The van der Waals surface area contributed by atoms with Crippen LogP contribution in [0.3, 0.4) is 0 Å². The van der Waals surface area contributed by atoms with Crippen LogP contribution in [0.5, 0.6) is 0 Å². The predicted octanol–water partition coefficient (Wildman–Crippen LogP) is 2.07. The lowest BCUT2D eigenvalue weighted by Gasteiger charge is -2.24. The smallest absolute Gasteiger partial charge is 0.247 e. The van der Waals surface area contributed by atoms with Crippen molar-refractivity contribution in [2.24, 2.45) is 0 Å². The summed E-state index contributed by atoms with van der Waals surface area (Å²) >= 11 is 0. The molecule has 1 amide bonds. The highest BCUT2D eigenvalue weighted by atomic mass is 16.3. The maximum Gasteiger partial charge on any atom is 0.247 e. The van der Waals surface area contributed by atoms with E-state index >= 15 is 0 Å². The Kier molecular flexibility index (Phi) is 4.53. The largest absolute Gasteiger partial charge is 0.437 e. The average Bonchev–Trinajstić information content (AvgIpc) is 2.84. The summed E-state index contributed by atoms with van der Waals surface area (Å²) < 4.78 is 5.50. The van der Waals surface area contributed by atoms with Crippen LogP contribution in [-0.4, -0.2) is 40.1 Å². The summed E-state index contributed by atoms with van der Waals surface area (Å²) in [6.07, 6.45) is 2.97. The number of carbonyl (C=O) groups excluding carboxylic acids is 1. The van der Waals surface area contributed by atoms with Crippen molar-refractivity contribution in [1.29, 1.82) is 0 Å². The minimum Gasteiger partial charge on any atom is -0.437 e. The topological polar surface area (TPSA) is 66.6 Å². The number of carbonyl (C=O) groups is 1. The van der Waals surface area contributed by atoms with Gasteiger partial charge in [0.05, 0.1) is 6.61 Å². The molecule has 0 saturated heterocycles. The standard InChI is InChI=1S/C15H18N2O3/c1-11(2)17(9-10-18)15(19)8-7-14-16-12-5-3-4-6-13(12)20-14/h3-8,11,18H,9-10H2,1-2H3/b8-7+. The fourth-order valence-corrected chi connectivity index (χ4v) is 1.93. The number of para-hydroxylation sites is 2. The molecule has 0 spiro atoms. The molecule has 5 nitrogen and oxygen atoms in total. The van der Waals surface area contributed by atoms with Crippen LogP contribution >= 0.6 is 0 Å². The Balaban J connectivity index is 2.13. The van der Waals surface area contributed by atoms with E-state index in [2.05, 4.69) is 4.98 Å². The van der Waals surface area contributed by atoms with E-state index in [0.29, 0.717) is 18.0 Å². The zero-order chi connectivity index (χ0) is 14.5. The Labute approximate surface area is 117 Å². The van der Waals surface area contributed by atoms with E-state index in [1.807, 2.05) is 38.1 Å². The van der Waals surface area contributed by atoms with Gasteiger partial charge in [-0.3, -0.25) is 4.79 Å². The van der Waals surface area contributed by atoms with Gasteiger partial charge in [-0.15, -0.1) is 0 Å². The molecule has 0 atom stereocenters. The minimum atomic E-state index is -0.170. The number of aromatic nitrogens is 1. The van der Waals surface area contributed by atoms with Crippen LogP contribution in [0.2, 0.25) is 0 Å². The van der Waals surface area contributed by atoms with Gasteiger partial charge < -0.3 is 14.4 Å². The minimum absolute atomic E-state index is 0.0305. The van der Waals surface area contributed by atoms with Crippen molar-refractivity contribution < 1.29 is 14.3 Å². The number of benzene rings is 1. The molecule has 20 heavy (non-hydrogen) atoms. The summed E-state index contributed by atoms with van der Waals surface area (Å²) in [6, 6.07) is 7.46. The molecule has 2 aromatic rings. The van der Waals surface area contributed by atoms with Crippen LogP contribution in [0.15, 0.2) is 34.8 Å². The van der Waals surface area contributed by atoms with E-state index in [1.165, 1.54) is 6.08 Å². The summed E-state index contributed by atoms with van der Waals surface area (Å²) in [6.45, 7) is 4.07. The first-order valence-electron chi connectivity index (χ1n) is 6.57. The molecule has 0 aliphatic heterocycles. The molecular formula is C15H18N2O3. The second-order valence-corrected chi connectivity index (χ2v) is 4.70. The highest BCUT2D eigenvalue weighted by Crippen LogP contribution is 2.15. The number of amides is 1. The molecule has 1 N–H and O–H groups in total. The van der Waals surface area contributed by atoms with E-state index in [4.69, 9.17) is 9.52 Å². The van der Waals surface area contributed by atoms with E-state index < -0.39 is 0 Å². The number of hydrogen-bond acceptors (Lipinski definition) is 4. The lowest BCUT2D eigenvalue weighted by molar-refractivity contribution is -0.128. The van der Waals surface area contributed by atoms with Gasteiger partial charge in [0.2, 0.25) is 11.8 Å². The number of fused-ring (bicyclic) bond motifs is 1. The Morgan fingerprint density at radius 1 is 1.45 bits per heavy atom. The van der Waals surface area contributed by atoms with Crippen LogP contribution in [0, 0.1) is 0 Å². The second-order valence-electron chi connectivity index (χ2n) is 4.70. The van der Waals surface area contributed by atoms with Gasteiger partial charge in [0.25, 0.3) is 0 Å². The first-order chi connectivity index (χ1) is 9.61. The Hall–Kier alpha value is -2.14. The van der Waals surface area contributed by atoms with Crippen molar-refractivity contribution in [2.75, 3.05) is 13.2 Å². The van der Waals surface area contributed by atoms with Crippen molar-refractivity contribution in [3.8, 4) is 0 Å². The third-order valence-electron chi connectivity index (χ3n) is 2.93. The highest BCUT2D eigenvalue weighted by Gasteiger charge is 2.13. The Morgan fingerprint density at radius 3 is 2.85 bits per heavy atom. The van der Waals surface area contributed by atoms with Crippen molar-refractivity contribution in [1.82, 2.24) is 9.88 Å². The number of nitrogens with zero attached hydrogens (tertiary/aromatic N) is 2. The van der Waals surface area contributed by atoms with Crippen LogP contribution in [0.4, 0.5) is 0 Å². The molecular weight excluding hydrogens is 256 g/mol. The van der Waals surface area contributed by atoms with Gasteiger partial charge in [-0.2, -0.15) is 0 Å². The molecule has 0 aliphatic rings. The van der Waals surface area contributed by atoms with Gasteiger partial charge in [-0.05, 0) is 26.0 Å². The molecule has 1 heterocycles. The molecule has 5 heteroatoms. The van der Waals surface area contributed by atoms with E-state index in [9.17, 15) is 4.79 Å². The van der Waals surface area contributed by atoms with E-state index in [0.717, 1.165) is 5.52 Å². The molecule has 1 aromatic heterocycles. The molecule has 0 unspecified atom stereocenters. The van der Waals surface area contributed by atoms with Gasteiger partial charge in [-0.25, -0.2) is 4.98 Å². The normalized spacial score (nSPS) is 11.6. The zero-order valence-electron chi connectivity index (χ0n) is 11.6. The van der Waals surface area contributed by atoms with Crippen LogP contribution in [-0.2, 0) is 4.79 Å². The summed E-state index contributed by atoms with van der Waals surface area (Å²) in [5.41, 5.74) is 1.45. The third kappa shape index (κ3) is 3.24. The summed E-state index contributed by atoms with van der Waals surface area (Å²) in [4.78, 5) is 17.9. The fraction of sp³-hybridized carbons (Fsp3) is 0.333. The zero-order valence-corrected chi connectivity index (χ0v) is 11.6. The average molecular weight is 274 g/mol. The lowest BCUT2D eigenvalue weighted by atomic mass is 10.3. The van der Waals surface area contributed by atoms with Gasteiger partial charge in [0.1, 0.15) is 5.52 Å². The molecule has 0 fully saturated rings. The SMILES string of the molecule is CC(C)N(CCO)C(=O)/C=C/c1nc2ccccc2o1. The predicted molar refractivity (Wildman–Crippen MR) is 77.0 cm³/mol. The van der Waals surface area contributed by atoms with Crippen LogP contribution in [0.25, 0.3) is 17.2 Å². The lowest BCUT2D eigenvalue weighted by Crippen LogP contribution is -2.37. The molecule has 0 saturated carbocycles. The third-order valence-corrected chi connectivity index (χ3v) is 2.93. The quantitative estimate of drug-likeness (QED) is 0.848. The van der Waals surface area contributed by atoms with Gasteiger partial charge in [-0.1, -0.05) is 12.1 Å². The van der Waals surface area contributed by atoms with Crippen molar-refractivity contribution in [3.63, 3.8) is 0 Å². The first kappa shape index (κ1) is 14.3. The number of oxazole rings is 1. The molecule has 1 aromatic carbocycles. The maximum atomic E-state index is 12.0.